The van der Waals surface area contributed by atoms with Gasteiger partial charge in [0.2, 0.25) is 11.8 Å². The second-order valence-electron chi connectivity index (χ2n) is 3.73. The van der Waals surface area contributed by atoms with E-state index in [9.17, 15) is 9.59 Å². The van der Waals surface area contributed by atoms with Crippen molar-refractivity contribution in [2.75, 3.05) is 67.0 Å². The first-order valence-corrected chi connectivity index (χ1v) is 6.40. The molecular formula is C12H24N2O6. The Morgan fingerprint density at radius 2 is 1.45 bits per heavy atom. The maximum atomic E-state index is 11.2. The van der Waals surface area contributed by atoms with Gasteiger partial charge in [0.15, 0.2) is 0 Å². The largest absolute Gasteiger partial charge is 0.382 e. The summed E-state index contributed by atoms with van der Waals surface area (Å²) in [6, 6.07) is 0. The number of likely N-dealkylation sites (N-methyl/N-ethyl adjacent to an activating group) is 1. The number of carbonyl (C=O) groups is 2. The van der Waals surface area contributed by atoms with Crippen molar-refractivity contribution >= 4 is 11.8 Å². The first-order chi connectivity index (χ1) is 9.70. The van der Waals surface area contributed by atoms with Crippen molar-refractivity contribution in [3.05, 3.63) is 0 Å². The zero-order chi connectivity index (χ0) is 15.1. The number of amides is 2. The molecule has 0 saturated carbocycles. The monoisotopic (exact) mass is 292 g/mol. The Kier molecular flexibility index (Phi) is 13.3. The fourth-order valence-electron chi connectivity index (χ4n) is 1.08. The third kappa shape index (κ3) is 13.2. The van der Waals surface area contributed by atoms with Crippen LogP contribution in [0.4, 0.5) is 0 Å². The molecule has 0 aliphatic rings. The van der Waals surface area contributed by atoms with Gasteiger partial charge in [0, 0.05) is 20.7 Å². The van der Waals surface area contributed by atoms with Crippen molar-refractivity contribution in [2.24, 2.45) is 0 Å². The van der Waals surface area contributed by atoms with Crippen LogP contribution in [-0.4, -0.2) is 78.8 Å². The van der Waals surface area contributed by atoms with E-state index in [1.807, 2.05) is 0 Å². The summed E-state index contributed by atoms with van der Waals surface area (Å²) in [6.45, 7) is 2.39. The summed E-state index contributed by atoms with van der Waals surface area (Å²) in [4.78, 5) is 22.1. The number of hydrogen-bond donors (Lipinski definition) is 2. The zero-order valence-electron chi connectivity index (χ0n) is 12.1. The summed E-state index contributed by atoms with van der Waals surface area (Å²) in [5.74, 6) is -0.369. The molecule has 0 saturated heterocycles. The highest BCUT2D eigenvalue weighted by Gasteiger charge is 2.00. The van der Waals surface area contributed by atoms with Crippen molar-refractivity contribution in [1.82, 2.24) is 10.6 Å². The predicted octanol–water partition coefficient (Wildman–Crippen LogP) is -1.46. The molecule has 0 fully saturated rings. The van der Waals surface area contributed by atoms with Gasteiger partial charge in [0.05, 0.1) is 33.0 Å². The van der Waals surface area contributed by atoms with Crippen molar-refractivity contribution in [1.29, 1.82) is 0 Å². The third-order valence-electron chi connectivity index (χ3n) is 2.12. The SMILES string of the molecule is CNC(=O)COCCOCCNC(=O)COCCOC. The maximum absolute atomic E-state index is 11.2. The zero-order valence-corrected chi connectivity index (χ0v) is 12.1. The molecule has 0 aromatic carbocycles. The van der Waals surface area contributed by atoms with Crippen LogP contribution in [0.1, 0.15) is 0 Å². The van der Waals surface area contributed by atoms with E-state index in [1.165, 1.54) is 0 Å². The van der Waals surface area contributed by atoms with Crippen LogP contribution in [0.5, 0.6) is 0 Å². The first kappa shape index (κ1) is 18.8. The minimum absolute atomic E-state index is 0.0125. The number of nitrogens with one attached hydrogen (secondary N) is 2. The minimum atomic E-state index is -0.194. The molecule has 0 aromatic rings. The molecule has 8 heteroatoms. The van der Waals surface area contributed by atoms with E-state index in [1.54, 1.807) is 14.2 Å². The molecular weight excluding hydrogens is 268 g/mol. The molecule has 8 nitrogen and oxygen atoms in total. The molecule has 0 aliphatic carbocycles. The van der Waals surface area contributed by atoms with Crippen LogP contribution >= 0.6 is 0 Å². The molecule has 0 aliphatic heterocycles. The van der Waals surface area contributed by atoms with Crippen LogP contribution in [0, 0.1) is 0 Å². The molecule has 2 amide bonds. The molecule has 0 unspecified atom stereocenters. The predicted molar refractivity (Wildman–Crippen MR) is 71.4 cm³/mol. The molecule has 0 aromatic heterocycles. The smallest absolute Gasteiger partial charge is 0.246 e. The number of carbonyl (C=O) groups excluding carboxylic acids is 2. The van der Waals surface area contributed by atoms with Gasteiger partial charge in [0.25, 0.3) is 0 Å². The summed E-state index contributed by atoms with van der Waals surface area (Å²) in [5.41, 5.74) is 0. The van der Waals surface area contributed by atoms with Gasteiger partial charge in [-0.1, -0.05) is 0 Å². The van der Waals surface area contributed by atoms with Crippen molar-refractivity contribution in [2.45, 2.75) is 0 Å². The minimum Gasteiger partial charge on any atom is -0.382 e. The van der Waals surface area contributed by atoms with Gasteiger partial charge in [-0.25, -0.2) is 0 Å². The van der Waals surface area contributed by atoms with Gasteiger partial charge < -0.3 is 29.6 Å². The number of hydrogen-bond acceptors (Lipinski definition) is 6. The Morgan fingerprint density at radius 3 is 2.10 bits per heavy atom. The first-order valence-electron chi connectivity index (χ1n) is 6.40. The van der Waals surface area contributed by atoms with Gasteiger partial charge in [-0.2, -0.15) is 0 Å². The van der Waals surface area contributed by atoms with Crippen LogP contribution in [0.25, 0.3) is 0 Å². The number of methoxy groups -OCH3 is 1. The van der Waals surface area contributed by atoms with Crippen molar-refractivity contribution in [3.63, 3.8) is 0 Å². The van der Waals surface area contributed by atoms with E-state index in [4.69, 9.17) is 18.9 Å². The molecule has 0 rings (SSSR count). The molecule has 0 spiro atoms. The molecule has 0 heterocycles. The van der Waals surface area contributed by atoms with Crippen LogP contribution in [-0.2, 0) is 28.5 Å². The lowest BCUT2D eigenvalue weighted by Gasteiger charge is -2.07. The maximum Gasteiger partial charge on any atom is 0.246 e. The van der Waals surface area contributed by atoms with Gasteiger partial charge in [-0.05, 0) is 0 Å². The van der Waals surface area contributed by atoms with E-state index in [-0.39, 0.29) is 25.0 Å². The summed E-state index contributed by atoms with van der Waals surface area (Å²) < 4.78 is 20.1. The van der Waals surface area contributed by atoms with Crippen LogP contribution in [0.2, 0.25) is 0 Å². The molecule has 0 radical (unpaired) electrons. The molecule has 0 atom stereocenters. The van der Waals surface area contributed by atoms with Crippen LogP contribution < -0.4 is 10.6 Å². The average molecular weight is 292 g/mol. The summed E-state index contributed by atoms with van der Waals surface area (Å²) in [7, 11) is 3.11. The van der Waals surface area contributed by atoms with Crippen molar-refractivity contribution in [3.8, 4) is 0 Å². The average Bonchev–Trinajstić information content (AvgIpc) is 2.46. The normalized spacial score (nSPS) is 10.3. The van der Waals surface area contributed by atoms with Crippen LogP contribution in [0.15, 0.2) is 0 Å². The highest BCUT2D eigenvalue weighted by Crippen LogP contribution is 1.80. The molecule has 2 N–H and O–H groups in total. The van der Waals surface area contributed by atoms with Crippen LogP contribution in [0.3, 0.4) is 0 Å². The van der Waals surface area contributed by atoms with E-state index < -0.39 is 0 Å². The Labute approximate surface area is 119 Å². The molecule has 20 heavy (non-hydrogen) atoms. The Bertz CT molecular complexity index is 262. The molecule has 0 bridgehead atoms. The fraction of sp³-hybridized carbons (Fsp3) is 0.833. The van der Waals surface area contributed by atoms with E-state index in [2.05, 4.69) is 10.6 Å². The topological polar surface area (TPSA) is 95.1 Å². The standard InChI is InChI=1S/C12H24N2O6/c1-13-11(15)9-20-8-7-18-4-3-14-12(16)10-19-6-5-17-2/h3-10H2,1-2H3,(H,13,15)(H,14,16). The van der Waals surface area contributed by atoms with Crippen molar-refractivity contribution < 1.29 is 28.5 Å². The number of ether oxygens (including phenoxy) is 4. The van der Waals surface area contributed by atoms with Gasteiger partial charge in [0.1, 0.15) is 13.2 Å². The van der Waals surface area contributed by atoms with Gasteiger partial charge in [-0.3, -0.25) is 9.59 Å². The van der Waals surface area contributed by atoms with E-state index in [0.29, 0.717) is 39.6 Å². The van der Waals surface area contributed by atoms with E-state index >= 15 is 0 Å². The lowest BCUT2D eigenvalue weighted by atomic mass is 10.6. The quantitative estimate of drug-likeness (QED) is 0.403. The lowest BCUT2D eigenvalue weighted by Crippen LogP contribution is -2.31. The third-order valence-corrected chi connectivity index (χ3v) is 2.12. The Morgan fingerprint density at radius 1 is 0.850 bits per heavy atom. The summed E-state index contributed by atoms with van der Waals surface area (Å²) in [6.07, 6.45) is 0. The van der Waals surface area contributed by atoms with Gasteiger partial charge >= 0.3 is 0 Å². The van der Waals surface area contributed by atoms with E-state index in [0.717, 1.165) is 0 Å². The Hall–Kier alpha value is -1.22. The molecule has 118 valence electrons. The lowest BCUT2D eigenvalue weighted by molar-refractivity contribution is -0.127. The summed E-state index contributed by atoms with van der Waals surface area (Å²) >= 11 is 0. The fourth-order valence-corrected chi connectivity index (χ4v) is 1.08. The number of rotatable bonds is 13. The summed E-state index contributed by atoms with van der Waals surface area (Å²) in [5, 5.41) is 5.08. The highest BCUT2D eigenvalue weighted by molar-refractivity contribution is 5.77. The highest BCUT2D eigenvalue weighted by atomic mass is 16.5. The second-order valence-corrected chi connectivity index (χ2v) is 3.73. The second kappa shape index (κ2) is 14.2. The Balaban J connectivity index is 3.19. The van der Waals surface area contributed by atoms with Gasteiger partial charge in [-0.15, -0.1) is 0 Å².